The molecule has 11 heteroatoms. The maximum Gasteiger partial charge on any atom is 0.270 e. The zero-order chi connectivity index (χ0) is 28.8. The molecule has 1 unspecified atom stereocenters. The fraction of sp³-hybridized carbons (Fsp3) is 0.233. The molecule has 3 aromatic rings. The molecule has 0 spiro atoms. The van der Waals surface area contributed by atoms with Crippen molar-refractivity contribution in [2.75, 3.05) is 17.7 Å². The summed E-state index contributed by atoms with van der Waals surface area (Å²) in [7, 11) is 0. The Labute approximate surface area is 240 Å². The van der Waals surface area contributed by atoms with Gasteiger partial charge in [0.2, 0.25) is 11.8 Å². The van der Waals surface area contributed by atoms with E-state index < -0.39 is 6.04 Å². The Morgan fingerprint density at radius 3 is 2.51 bits per heavy atom. The summed E-state index contributed by atoms with van der Waals surface area (Å²) in [6, 6.07) is 19.6. The number of halogens is 1. The Kier molecular flexibility index (Phi) is 8.73. The van der Waals surface area contributed by atoms with E-state index in [4.69, 9.17) is 9.73 Å². The van der Waals surface area contributed by atoms with E-state index in [9.17, 15) is 18.8 Å². The number of hydrogen-bond acceptors (Lipinski definition) is 7. The molecule has 0 fully saturated rings. The predicted octanol–water partition coefficient (Wildman–Crippen LogP) is 4.65. The number of fused-ring (bicyclic) bond motifs is 3. The molecule has 2 heterocycles. The number of hydrogen-bond donors (Lipinski definition) is 2. The van der Waals surface area contributed by atoms with Crippen molar-refractivity contribution >= 4 is 51.9 Å². The molecule has 1 atom stereocenters. The summed E-state index contributed by atoms with van der Waals surface area (Å²) in [5.74, 6) is 0.0487. The van der Waals surface area contributed by atoms with Crippen LogP contribution in [0.5, 0.6) is 5.75 Å². The summed E-state index contributed by atoms with van der Waals surface area (Å²) in [6.45, 7) is 2.71. The summed E-state index contributed by atoms with van der Waals surface area (Å²) >= 11 is 1.20. The molecule has 3 aromatic carbocycles. The van der Waals surface area contributed by atoms with Crippen molar-refractivity contribution < 1.29 is 23.5 Å². The van der Waals surface area contributed by atoms with Crippen molar-refractivity contribution in [1.29, 1.82) is 0 Å². The van der Waals surface area contributed by atoms with Crippen molar-refractivity contribution in [3.8, 4) is 5.75 Å². The molecule has 41 heavy (non-hydrogen) atoms. The molecule has 2 N–H and O–H groups in total. The highest BCUT2D eigenvalue weighted by atomic mass is 32.2. The number of benzene rings is 3. The number of amides is 3. The van der Waals surface area contributed by atoms with E-state index in [2.05, 4.69) is 15.6 Å². The Bertz CT molecular complexity index is 1510. The maximum absolute atomic E-state index is 13.1. The Morgan fingerprint density at radius 2 is 1.76 bits per heavy atom. The van der Waals surface area contributed by atoms with Crippen molar-refractivity contribution in [2.24, 2.45) is 9.98 Å². The summed E-state index contributed by atoms with van der Waals surface area (Å²) in [5, 5.41) is 6.13. The number of carbonyl (C=O) groups excluding carboxylic acids is 3. The van der Waals surface area contributed by atoms with E-state index in [-0.39, 0.29) is 48.7 Å². The van der Waals surface area contributed by atoms with Crippen LogP contribution >= 0.6 is 11.8 Å². The number of rotatable bonds is 10. The molecule has 2 aliphatic heterocycles. The molecule has 3 amide bonds. The quantitative estimate of drug-likeness (QED) is 0.365. The van der Waals surface area contributed by atoms with Crippen LogP contribution in [-0.2, 0) is 20.9 Å². The van der Waals surface area contributed by atoms with Crippen LogP contribution in [-0.4, -0.2) is 52.0 Å². The topological polar surface area (TPSA) is 112 Å². The minimum Gasteiger partial charge on any atom is -0.494 e. The first-order valence-corrected chi connectivity index (χ1v) is 14.2. The van der Waals surface area contributed by atoms with Gasteiger partial charge in [-0.2, -0.15) is 4.99 Å². The SMILES string of the molecule is CCOc1ccc(NC(=O)CSC2=Nc3ccccc3C3=NC(=O)C(CCC(=O)NCc4ccc(F)cc4)N23)cc1. The average Bonchev–Trinajstić information content (AvgIpc) is 3.31. The van der Waals surface area contributed by atoms with Crippen LogP contribution in [0.15, 0.2) is 82.8 Å². The van der Waals surface area contributed by atoms with E-state index in [1.54, 1.807) is 41.3 Å². The van der Waals surface area contributed by atoms with Gasteiger partial charge in [-0.15, -0.1) is 0 Å². The molecule has 0 saturated carbocycles. The summed E-state index contributed by atoms with van der Waals surface area (Å²) in [4.78, 5) is 49.2. The molecule has 2 aliphatic rings. The highest BCUT2D eigenvalue weighted by Crippen LogP contribution is 2.35. The number of anilines is 1. The second-order valence-corrected chi connectivity index (χ2v) is 10.2. The van der Waals surface area contributed by atoms with Crippen molar-refractivity contribution in [3.63, 3.8) is 0 Å². The molecule has 0 aromatic heterocycles. The largest absolute Gasteiger partial charge is 0.494 e. The fourth-order valence-electron chi connectivity index (χ4n) is 4.46. The lowest BCUT2D eigenvalue weighted by atomic mass is 10.1. The Hall–Kier alpha value is -4.51. The average molecular weight is 574 g/mol. The first-order valence-electron chi connectivity index (χ1n) is 13.2. The van der Waals surface area contributed by atoms with Gasteiger partial charge in [0.15, 0.2) is 5.17 Å². The highest BCUT2D eigenvalue weighted by molar-refractivity contribution is 8.14. The number of ether oxygens (including phenoxy) is 1. The lowest BCUT2D eigenvalue weighted by Gasteiger charge is -2.31. The smallest absolute Gasteiger partial charge is 0.270 e. The van der Waals surface area contributed by atoms with Crippen molar-refractivity contribution in [1.82, 2.24) is 10.2 Å². The molecule has 5 rings (SSSR count). The highest BCUT2D eigenvalue weighted by Gasteiger charge is 2.41. The zero-order valence-electron chi connectivity index (χ0n) is 22.3. The molecule has 9 nitrogen and oxygen atoms in total. The molecule has 0 radical (unpaired) electrons. The van der Waals surface area contributed by atoms with Gasteiger partial charge >= 0.3 is 0 Å². The van der Waals surface area contributed by atoms with Crippen LogP contribution in [0, 0.1) is 5.82 Å². The van der Waals surface area contributed by atoms with E-state index in [1.165, 1.54) is 23.9 Å². The van der Waals surface area contributed by atoms with Gasteiger partial charge in [-0.3, -0.25) is 19.3 Å². The van der Waals surface area contributed by atoms with Gasteiger partial charge in [-0.05, 0) is 67.4 Å². The van der Waals surface area contributed by atoms with Gasteiger partial charge in [-0.25, -0.2) is 9.38 Å². The maximum atomic E-state index is 13.1. The van der Waals surface area contributed by atoms with Crippen molar-refractivity contribution in [3.05, 3.63) is 89.7 Å². The zero-order valence-corrected chi connectivity index (χ0v) is 23.1. The standard InChI is InChI=1S/C30H28FN5O4S/c1-2-40-22-13-11-21(12-14-22)33-27(38)18-41-30-34-24-6-4-3-5-23(24)28-35-29(39)25(36(28)30)15-16-26(37)32-17-19-7-9-20(31)10-8-19/h3-14,25H,2,15-18H2,1H3,(H,32,37)(H,33,38). The molecular weight excluding hydrogens is 545 g/mol. The third-order valence-corrected chi connectivity index (χ3v) is 7.39. The van der Waals surface area contributed by atoms with E-state index in [1.807, 2.05) is 31.2 Å². The number of nitrogens with one attached hydrogen (secondary N) is 2. The van der Waals surface area contributed by atoms with Crippen LogP contribution in [0.25, 0.3) is 0 Å². The number of amidine groups is 2. The first-order chi connectivity index (χ1) is 19.9. The Balaban J connectivity index is 1.24. The molecular formula is C30H28FN5O4S. The predicted molar refractivity (Wildman–Crippen MR) is 157 cm³/mol. The Morgan fingerprint density at radius 1 is 1.00 bits per heavy atom. The first kappa shape index (κ1) is 28.0. The van der Waals surface area contributed by atoms with Gasteiger partial charge in [-0.1, -0.05) is 36.0 Å². The summed E-state index contributed by atoms with van der Waals surface area (Å²) in [6.07, 6.45) is 0.288. The van der Waals surface area contributed by atoms with Crippen LogP contribution < -0.4 is 15.4 Å². The summed E-state index contributed by atoms with van der Waals surface area (Å²) in [5.41, 5.74) is 2.78. The lowest BCUT2D eigenvalue weighted by molar-refractivity contribution is -0.122. The molecule has 0 bridgehead atoms. The number of para-hydroxylation sites is 1. The summed E-state index contributed by atoms with van der Waals surface area (Å²) < 4.78 is 18.6. The van der Waals surface area contributed by atoms with Gasteiger partial charge in [0.05, 0.1) is 18.0 Å². The third-order valence-electron chi connectivity index (χ3n) is 6.44. The van der Waals surface area contributed by atoms with Gasteiger partial charge in [0.25, 0.3) is 5.91 Å². The number of thioether (sulfide) groups is 1. The normalized spacial score (nSPS) is 15.4. The van der Waals surface area contributed by atoms with Gasteiger partial charge < -0.3 is 15.4 Å². The van der Waals surface area contributed by atoms with Gasteiger partial charge in [0, 0.05) is 24.2 Å². The van der Waals surface area contributed by atoms with Crippen LogP contribution in [0.1, 0.15) is 30.9 Å². The van der Waals surface area contributed by atoms with E-state index in [0.717, 1.165) is 11.3 Å². The third kappa shape index (κ3) is 6.80. The molecule has 0 aliphatic carbocycles. The molecule has 210 valence electrons. The fourth-order valence-corrected chi connectivity index (χ4v) is 5.31. The van der Waals surface area contributed by atoms with Gasteiger partial charge in [0.1, 0.15) is 23.4 Å². The van der Waals surface area contributed by atoms with E-state index in [0.29, 0.717) is 34.5 Å². The van der Waals surface area contributed by atoms with Crippen LogP contribution in [0.4, 0.5) is 15.8 Å². The lowest BCUT2D eigenvalue weighted by Crippen LogP contribution is -2.44. The van der Waals surface area contributed by atoms with Crippen LogP contribution in [0.2, 0.25) is 0 Å². The molecule has 0 saturated heterocycles. The second kappa shape index (κ2) is 12.8. The number of nitrogens with zero attached hydrogens (tertiary/aromatic N) is 3. The number of carbonyl (C=O) groups is 3. The number of aliphatic imine (C=N–C) groups is 2. The van der Waals surface area contributed by atoms with Crippen molar-refractivity contribution in [2.45, 2.75) is 32.4 Å². The second-order valence-electron chi connectivity index (χ2n) is 9.31. The minimum absolute atomic E-state index is 0.0526. The van der Waals surface area contributed by atoms with Crippen LogP contribution in [0.3, 0.4) is 0 Å². The van der Waals surface area contributed by atoms with E-state index >= 15 is 0 Å². The minimum atomic E-state index is -0.727. The monoisotopic (exact) mass is 573 g/mol.